The van der Waals surface area contributed by atoms with Crippen molar-refractivity contribution in [3.8, 4) is 0 Å². The van der Waals surface area contributed by atoms with Crippen molar-refractivity contribution in [2.24, 2.45) is 0 Å². The molecule has 0 saturated carbocycles. The second-order valence-corrected chi connectivity index (χ2v) is 14.7. The highest BCUT2D eigenvalue weighted by molar-refractivity contribution is 6.70. The van der Waals surface area contributed by atoms with E-state index in [1.54, 1.807) is 0 Å². The van der Waals surface area contributed by atoms with Crippen molar-refractivity contribution in [2.45, 2.75) is 108 Å². The zero-order valence-electron chi connectivity index (χ0n) is 17.3. The van der Waals surface area contributed by atoms with Crippen LogP contribution in [0.1, 0.15) is 77.6 Å². The van der Waals surface area contributed by atoms with Crippen LogP contribution < -0.4 is 0 Å². The Morgan fingerprint density at radius 1 is 0.840 bits per heavy atom. The third-order valence-corrected chi connectivity index (χ3v) is 13.0. The highest BCUT2D eigenvalue weighted by Crippen LogP contribution is 2.46. The van der Waals surface area contributed by atoms with Crippen LogP contribution in [0.3, 0.4) is 0 Å². The summed E-state index contributed by atoms with van der Waals surface area (Å²) in [5.41, 5.74) is 2.60. The van der Waals surface area contributed by atoms with Crippen molar-refractivity contribution in [1.29, 1.82) is 0 Å². The minimum Gasteiger partial charge on any atom is -0.376 e. The molecule has 25 heavy (non-hydrogen) atoms. The molecule has 2 heterocycles. The Bertz CT molecular complexity index is 397. The first-order valence-corrected chi connectivity index (χ1v) is 16.3. The van der Waals surface area contributed by atoms with Crippen LogP contribution in [0.4, 0.5) is 0 Å². The fourth-order valence-corrected chi connectivity index (χ4v) is 12.3. The first kappa shape index (κ1) is 21.4. The zero-order chi connectivity index (χ0) is 18.2. The van der Waals surface area contributed by atoms with E-state index in [1.807, 2.05) is 0 Å². The summed E-state index contributed by atoms with van der Waals surface area (Å²) in [5.74, 6) is 0. The monoisotopic (exact) mass is 382 g/mol. The highest BCUT2D eigenvalue weighted by atomic mass is 28.3. The van der Waals surface area contributed by atoms with Gasteiger partial charge in [-0.3, -0.25) is 0 Å². The molecule has 4 heteroatoms. The SMILES string of the molecule is CCCCCCC=C[SiH](C)C1(C2([SiH](C)C)CCCCO2)CCCCO1. The molecule has 2 aliphatic rings. The summed E-state index contributed by atoms with van der Waals surface area (Å²) in [6, 6.07) is 0. The average Bonchev–Trinajstić information content (AvgIpc) is 2.65. The van der Waals surface area contributed by atoms with Crippen molar-refractivity contribution in [3.05, 3.63) is 11.8 Å². The standard InChI is InChI=1S/C21H42O2Si2/c1-5-6-7-8-9-14-19-25(4)21(16-11-13-18-23-21)20(24(2)3)15-10-12-17-22-20/h14,19,24-25H,5-13,15-18H2,1-4H3. The van der Waals surface area contributed by atoms with Crippen LogP contribution in [0.2, 0.25) is 19.6 Å². The number of hydrogen-bond donors (Lipinski definition) is 0. The van der Waals surface area contributed by atoms with Gasteiger partial charge in [-0.25, -0.2) is 0 Å². The molecule has 2 aliphatic heterocycles. The quantitative estimate of drug-likeness (QED) is 0.395. The Morgan fingerprint density at radius 3 is 2.00 bits per heavy atom. The third-order valence-electron chi connectivity index (χ3n) is 6.64. The van der Waals surface area contributed by atoms with Gasteiger partial charge in [-0.15, -0.1) is 0 Å². The molecule has 0 amide bonds. The second kappa shape index (κ2) is 10.4. The Balaban J connectivity index is 2.14. The second-order valence-electron chi connectivity index (χ2n) is 8.61. The zero-order valence-corrected chi connectivity index (χ0v) is 19.6. The predicted octanol–water partition coefficient (Wildman–Crippen LogP) is 5.35. The molecule has 0 N–H and O–H groups in total. The molecule has 2 saturated heterocycles. The summed E-state index contributed by atoms with van der Waals surface area (Å²) >= 11 is 0. The van der Waals surface area contributed by atoms with Gasteiger partial charge in [-0.05, 0) is 51.4 Å². The minimum absolute atomic E-state index is 0.0615. The van der Waals surface area contributed by atoms with Gasteiger partial charge in [0.15, 0.2) is 0 Å². The van der Waals surface area contributed by atoms with E-state index in [1.165, 1.54) is 70.6 Å². The van der Waals surface area contributed by atoms with Gasteiger partial charge in [0.1, 0.15) is 0 Å². The van der Waals surface area contributed by atoms with E-state index in [4.69, 9.17) is 9.47 Å². The van der Waals surface area contributed by atoms with Crippen molar-refractivity contribution >= 4 is 17.6 Å². The number of ether oxygens (including phenoxy) is 2. The Labute approximate surface area is 160 Å². The molecular weight excluding hydrogens is 340 g/mol. The Kier molecular flexibility index (Phi) is 8.93. The van der Waals surface area contributed by atoms with E-state index >= 15 is 0 Å². The molecule has 3 unspecified atom stereocenters. The number of unbranched alkanes of at least 4 members (excludes halogenated alkanes) is 4. The normalized spacial score (nSPS) is 32.4. The van der Waals surface area contributed by atoms with Crippen molar-refractivity contribution in [3.63, 3.8) is 0 Å². The summed E-state index contributed by atoms with van der Waals surface area (Å²) in [6.45, 7) is 11.7. The molecule has 0 aromatic carbocycles. The largest absolute Gasteiger partial charge is 0.376 e. The molecule has 2 rings (SSSR count). The van der Waals surface area contributed by atoms with Gasteiger partial charge >= 0.3 is 0 Å². The Morgan fingerprint density at radius 2 is 1.48 bits per heavy atom. The smallest absolute Gasteiger partial charge is 0.0988 e. The molecule has 0 spiro atoms. The van der Waals surface area contributed by atoms with Crippen molar-refractivity contribution in [2.75, 3.05) is 13.2 Å². The lowest BCUT2D eigenvalue weighted by atomic mass is 9.96. The molecule has 3 atom stereocenters. The lowest BCUT2D eigenvalue weighted by Gasteiger charge is -2.57. The highest BCUT2D eigenvalue weighted by Gasteiger charge is 2.58. The minimum atomic E-state index is -1.17. The molecule has 0 aromatic rings. The summed E-state index contributed by atoms with van der Waals surface area (Å²) < 4.78 is 13.4. The number of allylic oxidation sites excluding steroid dienone is 1. The van der Waals surface area contributed by atoms with E-state index in [0.29, 0.717) is 0 Å². The maximum Gasteiger partial charge on any atom is 0.0988 e. The molecule has 2 fully saturated rings. The molecule has 0 aromatic heterocycles. The van der Waals surface area contributed by atoms with Crippen LogP contribution in [0.25, 0.3) is 0 Å². The third kappa shape index (κ3) is 4.88. The van der Waals surface area contributed by atoms with Crippen LogP contribution in [-0.2, 0) is 9.47 Å². The molecule has 0 bridgehead atoms. The Hall–Kier alpha value is 0.0938. The molecule has 146 valence electrons. The molecular formula is C21H42O2Si2. The van der Waals surface area contributed by atoms with Gasteiger partial charge in [-0.1, -0.05) is 57.6 Å². The maximum absolute atomic E-state index is 6.75. The number of rotatable bonds is 9. The topological polar surface area (TPSA) is 18.5 Å². The summed E-state index contributed by atoms with van der Waals surface area (Å²) in [6.07, 6.45) is 16.8. The lowest BCUT2D eigenvalue weighted by Crippen LogP contribution is -2.71. The van der Waals surface area contributed by atoms with Crippen LogP contribution in [0, 0.1) is 0 Å². The summed E-state index contributed by atoms with van der Waals surface area (Å²) in [5, 5.41) is 0.149. The van der Waals surface area contributed by atoms with Crippen LogP contribution in [0.15, 0.2) is 11.8 Å². The van der Waals surface area contributed by atoms with Gasteiger partial charge in [0.25, 0.3) is 0 Å². The number of hydrogen-bond acceptors (Lipinski definition) is 2. The van der Waals surface area contributed by atoms with E-state index in [9.17, 15) is 0 Å². The van der Waals surface area contributed by atoms with Gasteiger partial charge in [-0.2, -0.15) is 0 Å². The fourth-order valence-electron chi connectivity index (χ4n) is 5.13. The average molecular weight is 383 g/mol. The van der Waals surface area contributed by atoms with Gasteiger partial charge in [0, 0.05) is 13.2 Å². The van der Waals surface area contributed by atoms with E-state index in [-0.39, 0.29) is 10.4 Å². The first-order chi connectivity index (χ1) is 12.1. The lowest BCUT2D eigenvalue weighted by molar-refractivity contribution is -0.164. The van der Waals surface area contributed by atoms with Gasteiger partial charge in [0.2, 0.25) is 0 Å². The van der Waals surface area contributed by atoms with Gasteiger partial charge < -0.3 is 9.47 Å². The van der Waals surface area contributed by atoms with E-state index in [2.05, 4.69) is 38.3 Å². The fraction of sp³-hybridized carbons (Fsp3) is 0.905. The van der Waals surface area contributed by atoms with E-state index < -0.39 is 17.6 Å². The molecule has 0 aliphatic carbocycles. The summed E-state index contributed by atoms with van der Waals surface area (Å²) in [7, 11) is -2.15. The van der Waals surface area contributed by atoms with Crippen LogP contribution >= 0.6 is 0 Å². The van der Waals surface area contributed by atoms with Crippen molar-refractivity contribution < 1.29 is 9.47 Å². The molecule has 2 nitrogen and oxygen atoms in total. The van der Waals surface area contributed by atoms with Crippen LogP contribution in [0.5, 0.6) is 0 Å². The van der Waals surface area contributed by atoms with Gasteiger partial charge in [0.05, 0.1) is 28.0 Å². The predicted molar refractivity (Wildman–Crippen MR) is 115 cm³/mol. The first-order valence-electron chi connectivity index (χ1n) is 11.0. The van der Waals surface area contributed by atoms with E-state index in [0.717, 1.165) is 13.2 Å². The summed E-state index contributed by atoms with van der Waals surface area (Å²) in [4.78, 5) is 0. The molecule has 0 radical (unpaired) electrons. The van der Waals surface area contributed by atoms with Crippen LogP contribution in [-0.4, -0.2) is 41.3 Å². The van der Waals surface area contributed by atoms with Crippen molar-refractivity contribution in [1.82, 2.24) is 0 Å². The maximum atomic E-state index is 6.75.